The largest absolute Gasteiger partial charge is 0.347 e. The highest BCUT2D eigenvalue weighted by molar-refractivity contribution is 5.62. The highest BCUT2D eigenvalue weighted by atomic mass is 19.2. The van der Waals surface area contributed by atoms with Gasteiger partial charge in [0.25, 0.3) is 5.56 Å². The molecule has 124 valence electrons. The predicted molar refractivity (Wildman–Crippen MR) is 85.3 cm³/mol. The minimum atomic E-state index is -1.59. The molecule has 0 aliphatic heterocycles. The van der Waals surface area contributed by atoms with Crippen LogP contribution in [-0.4, -0.2) is 9.36 Å². The summed E-state index contributed by atoms with van der Waals surface area (Å²) in [6.07, 6.45) is 0. The summed E-state index contributed by atoms with van der Waals surface area (Å²) in [5, 5.41) is 2.57. The Morgan fingerprint density at radius 3 is 2.29 bits per heavy atom. The summed E-state index contributed by atoms with van der Waals surface area (Å²) in [5.74, 6) is -4.24. The Morgan fingerprint density at radius 2 is 1.62 bits per heavy atom. The van der Waals surface area contributed by atoms with E-state index < -0.39 is 23.0 Å². The van der Waals surface area contributed by atoms with Crippen molar-refractivity contribution in [2.75, 3.05) is 5.32 Å². The van der Waals surface area contributed by atoms with Crippen molar-refractivity contribution in [3.63, 3.8) is 0 Å². The highest BCUT2D eigenvalue weighted by Crippen LogP contribution is 2.24. The quantitative estimate of drug-likeness (QED) is 0.743. The molecule has 7 heteroatoms. The normalized spacial score (nSPS) is 10.9. The maximum absolute atomic E-state index is 13.8. The van der Waals surface area contributed by atoms with E-state index in [1.165, 1.54) is 4.68 Å². The van der Waals surface area contributed by atoms with Crippen LogP contribution in [0.25, 0.3) is 5.69 Å². The zero-order valence-electron chi connectivity index (χ0n) is 13.0. The lowest BCUT2D eigenvalue weighted by Crippen LogP contribution is -2.20. The molecule has 0 unspecified atom stereocenters. The Bertz CT molecular complexity index is 961. The lowest BCUT2D eigenvalue weighted by molar-refractivity contribution is 0.449. The van der Waals surface area contributed by atoms with Crippen LogP contribution in [0.2, 0.25) is 0 Å². The topological polar surface area (TPSA) is 39.0 Å². The lowest BCUT2D eigenvalue weighted by atomic mass is 10.2. The smallest absolute Gasteiger partial charge is 0.295 e. The number of para-hydroxylation sites is 1. The molecule has 0 amide bonds. The number of rotatable bonds is 3. The molecule has 1 aromatic heterocycles. The number of halogens is 3. The molecule has 3 rings (SSSR count). The van der Waals surface area contributed by atoms with Gasteiger partial charge in [0.1, 0.15) is 5.69 Å². The van der Waals surface area contributed by atoms with E-state index in [0.29, 0.717) is 11.4 Å². The molecule has 0 aliphatic rings. The van der Waals surface area contributed by atoms with Crippen LogP contribution in [0.4, 0.5) is 24.5 Å². The number of aromatic nitrogens is 2. The number of hydrogen-bond acceptors (Lipinski definition) is 2. The fourth-order valence-corrected chi connectivity index (χ4v) is 2.47. The zero-order chi connectivity index (χ0) is 17.4. The minimum absolute atomic E-state index is 0.0891. The maximum atomic E-state index is 13.8. The van der Waals surface area contributed by atoms with Gasteiger partial charge in [-0.15, -0.1) is 0 Å². The molecule has 1 N–H and O–H groups in total. The third kappa shape index (κ3) is 2.47. The Labute approximate surface area is 135 Å². The van der Waals surface area contributed by atoms with E-state index in [-0.39, 0.29) is 11.4 Å². The van der Waals surface area contributed by atoms with Gasteiger partial charge in [-0.25, -0.2) is 17.9 Å². The van der Waals surface area contributed by atoms with Gasteiger partial charge >= 0.3 is 0 Å². The summed E-state index contributed by atoms with van der Waals surface area (Å²) in [6, 6.07) is 10.7. The molecule has 3 aromatic rings. The summed E-state index contributed by atoms with van der Waals surface area (Å²) in [6.45, 7) is 1.67. The summed E-state index contributed by atoms with van der Waals surface area (Å²) >= 11 is 0. The van der Waals surface area contributed by atoms with E-state index in [2.05, 4.69) is 5.32 Å². The molecule has 1 heterocycles. The second kappa shape index (κ2) is 5.92. The van der Waals surface area contributed by atoms with E-state index in [1.54, 1.807) is 42.9 Å². The van der Waals surface area contributed by atoms with E-state index in [1.807, 2.05) is 6.07 Å². The monoisotopic (exact) mass is 333 g/mol. The van der Waals surface area contributed by atoms with Gasteiger partial charge in [-0.3, -0.25) is 9.48 Å². The summed E-state index contributed by atoms with van der Waals surface area (Å²) in [4.78, 5) is 12.7. The van der Waals surface area contributed by atoms with Gasteiger partial charge in [0.05, 0.1) is 17.1 Å². The first kappa shape index (κ1) is 15.9. The van der Waals surface area contributed by atoms with Gasteiger partial charge in [0.2, 0.25) is 0 Å². The van der Waals surface area contributed by atoms with Gasteiger partial charge in [0, 0.05) is 7.05 Å². The van der Waals surface area contributed by atoms with Crippen LogP contribution in [0.15, 0.2) is 47.3 Å². The van der Waals surface area contributed by atoms with E-state index in [4.69, 9.17) is 0 Å². The molecule has 4 nitrogen and oxygen atoms in total. The van der Waals surface area contributed by atoms with Gasteiger partial charge in [-0.1, -0.05) is 18.2 Å². The standard InChI is InChI=1S/C17H14F3N3O/c1-10-16(21-13-9-8-12(18)14(19)15(13)20)17(24)23(22(10)2)11-6-4-3-5-7-11/h3-9,21H,1-2H3. The average molecular weight is 333 g/mol. The van der Waals surface area contributed by atoms with Gasteiger partial charge < -0.3 is 5.32 Å². The Morgan fingerprint density at radius 1 is 0.958 bits per heavy atom. The molecule has 0 radical (unpaired) electrons. The third-order valence-electron chi connectivity index (χ3n) is 3.85. The fourth-order valence-electron chi connectivity index (χ4n) is 2.47. The van der Waals surface area contributed by atoms with Crippen molar-refractivity contribution in [2.45, 2.75) is 6.92 Å². The highest BCUT2D eigenvalue weighted by Gasteiger charge is 2.19. The fraction of sp³-hybridized carbons (Fsp3) is 0.118. The number of nitrogens with zero attached hydrogens (tertiary/aromatic N) is 2. The molecular weight excluding hydrogens is 319 g/mol. The number of hydrogen-bond donors (Lipinski definition) is 1. The van der Waals surface area contributed by atoms with Crippen molar-refractivity contribution in [3.05, 3.63) is 76.0 Å². The second-order valence-corrected chi connectivity index (χ2v) is 5.28. The van der Waals surface area contributed by atoms with Crippen LogP contribution in [0.1, 0.15) is 5.69 Å². The van der Waals surface area contributed by atoms with Gasteiger partial charge in [0.15, 0.2) is 17.5 Å². The average Bonchev–Trinajstić information content (AvgIpc) is 2.79. The first-order chi connectivity index (χ1) is 11.4. The molecule has 0 atom stereocenters. The molecule has 0 spiro atoms. The Balaban J connectivity index is 2.11. The van der Waals surface area contributed by atoms with Crippen LogP contribution < -0.4 is 10.9 Å². The van der Waals surface area contributed by atoms with Crippen molar-refractivity contribution in [3.8, 4) is 5.69 Å². The van der Waals surface area contributed by atoms with Crippen molar-refractivity contribution in [1.82, 2.24) is 9.36 Å². The molecule has 0 bridgehead atoms. The second-order valence-electron chi connectivity index (χ2n) is 5.28. The molecular formula is C17H14F3N3O. The Hall–Kier alpha value is -2.96. The van der Waals surface area contributed by atoms with Crippen LogP contribution in [0.5, 0.6) is 0 Å². The predicted octanol–water partition coefficient (Wildman–Crippen LogP) is 3.65. The molecule has 0 fully saturated rings. The number of benzene rings is 2. The first-order valence-electron chi connectivity index (χ1n) is 7.16. The van der Waals surface area contributed by atoms with Crippen molar-refractivity contribution < 1.29 is 13.2 Å². The minimum Gasteiger partial charge on any atom is -0.347 e. The molecule has 0 saturated carbocycles. The summed E-state index contributed by atoms with van der Waals surface area (Å²) < 4.78 is 43.2. The maximum Gasteiger partial charge on any atom is 0.295 e. The van der Waals surface area contributed by atoms with Crippen LogP contribution >= 0.6 is 0 Å². The van der Waals surface area contributed by atoms with Gasteiger partial charge in [-0.05, 0) is 31.2 Å². The SMILES string of the molecule is Cc1c(Nc2ccc(F)c(F)c2F)c(=O)n(-c2ccccc2)n1C. The van der Waals surface area contributed by atoms with E-state index in [9.17, 15) is 18.0 Å². The van der Waals surface area contributed by atoms with Crippen LogP contribution in [0, 0.1) is 24.4 Å². The van der Waals surface area contributed by atoms with Crippen LogP contribution in [-0.2, 0) is 7.05 Å². The van der Waals surface area contributed by atoms with Crippen molar-refractivity contribution in [1.29, 1.82) is 0 Å². The Kier molecular flexibility index (Phi) is 3.92. The number of anilines is 2. The van der Waals surface area contributed by atoms with Gasteiger partial charge in [-0.2, -0.15) is 0 Å². The molecule has 24 heavy (non-hydrogen) atoms. The van der Waals surface area contributed by atoms with Crippen molar-refractivity contribution in [2.24, 2.45) is 7.05 Å². The number of nitrogens with one attached hydrogen (secondary N) is 1. The van der Waals surface area contributed by atoms with E-state index >= 15 is 0 Å². The third-order valence-corrected chi connectivity index (χ3v) is 3.85. The lowest BCUT2D eigenvalue weighted by Gasteiger charge is -2.07. The summed E-state index contributed by atoms with van der Waals surface area (Å²) in [5.41, 5.74) is 0.511. The van der Waals surface area contributed by atoms with E-state index in [0.717, 1.165) is 12.1 Å². The first-order valence-corrected chi connectivity index (χ1v) is 7.16. The zero-order valence-corrected chi connectivity index (χ0v) is 13.0. The molecule has 2 aromatic carbocycles. The summed E-state index contributed by atoms with van der Waals surface area (Å²) in [7, 11) is 1.68. The van der Waals surface area contributed by atoms with Crippen molar-refractivity contribution >= 4 is 11.4 Å². The van der Waals surface area contributed by atoms with Crippen LogP contribution in [0.3, 0.4) is 0 Å². The molecule has 0 saturated heterocycles. The molecule has 0 aliphatic carbocycles.